The van der Waals surface area contributed by atoms with Crippen LogP contribution >= 0.6 is 11.3 Å². The maximum atomic E-state index is 13.0. The number of carbonyl (C=O) groups excluding carboxylic acids is 2. The molecule has 2 aromatic carbocycles. The zero-order chi connectivity index (χ0) is 26.0. The van der Waals surface area contributed by atoms with Gasteiger partial charge in [-0.3, -0.25) is 14.9 Å². The third-order valence-electron chi connectivity index (χ3n) is 4.58. The van der Waals surface area contributed by atoms with Gasteiger partial charge >= 0.3 is 12.4 Å². The first kappa shape index (κ1) is 25.9. The second kappa shape index (κ2) is 9.90. The highest BCUT2D eigenvalue weighted by atomic mass is 32.1. The lowest BCUT2D eigenvalue weighted by Crippen LogP contribution is -2.41. The van der Waals surface area contributed by atoms with Gasteiger partial charge in [-0.2, -0.15) is 26.3 Å². The molecule has 14 heteroatoms. The Kier molecular flexibility index (Phi) is 7.33. The molecule has 35 heavy (non-hydrogen) atoms. The third kappa shape index (κ3) is 6.47. The van der Waals surface area contributed by atoms with Crippen LogP contribution in [-0.4, -0.2) is 35.2 Å². The zero-order valence-electron chi connectivity index (χ0n) is 17.9. The fourth-order valence-electron chi connectivity index (χ4n) is 2.77. The van der Waals surface area contributed by atoms with E-state index in [1.807, 2.05) is 0 Å². The van der Waals surface area contributed by atoms with Crippen molar-refractivity contribution in [1.29, 1.82) is 0 Å². The minimum Gasteiger partial charge on any atom is -0.497 e. The summed E-state index contributed by atoms with van der Waals surface area (Å²) in [5.74, 6) is -1.47. The largest absolute Gasteiger partial charge is 0.497 e. The number of rotatable bonds is 6. The van der Waals surface area contributed by atoms with Gasteiger partial charge in [0.05, 0.1) is 18.2 Å². The van der Waals surface area contributed by atoms with Gasteiger partial charge < -0.3 is 10.1 Å². The molecule has 3 aromatic rings. The molecule has 0 aliphatic carbocycles. The van der Waals surface area contributed by atoms with Crippen LogP contribution in [0.3, 0.4) is 0 Å². The van der Waals surface area contributed by atoms with E-state index in [4.69, 9.17) is 4.74 Å². The molecular weight excluding hydrogens is 502 g/mol. The van der Waals surface area contributed by atoms with Gasteiger partial charge in [0.15, 0.2) is 0 Å². The summed E-state index contributed by atoms with van der Waals surface area (Å²) >= 11 is 1.01. The van der Waals surface area contributed by atoms with E-state index in [9.17, 15) is 35.9 Å². The lowest BCUT2D eigenvalue weighted by atomic mass is 10.0. The number of nitrogens with one attached hydrogen (secondary N) is 2. The molecule has 2 N–H and O–H groups in total. The molecule has 1 aromatic heterocycles. The van der Waals surface area contributed by atoms with Crippen LogP contribution in [0.4, 0.5) is 31.5 Å². The second-order valence-electron chi connectivity index (χ2n) is 7.12. The van der Waals surface area contributed by atoms with E-state index in [-0.39, 0.29) is 23.3 Å². The fraction of sp³-hybridized carbons (Fsp3) is 0.238. The Labute approximate surface area is 198 Å². The highest BCUT2D eigenvalue weighted by molar-refractivity contribution is 7.18. The Balaban J connectivity index is 1.71. The smallest absolute Gasteiger partial charge is 0.416 e. The number of halogens is 6. The van der Waals surface area contributed by atoms with Crippen LogP contribution in [0.5, 0.6) is 5.75 Å². The van der Waals surface area contributed by atoms with Gasteiger partial charge in [0.1, 0.15) is 16.8 Å². The van der Waals surface area contributed by atoms with Crippen LogP contribution in [0.1, 0.15) is 28.4 Å². The molecule has 0 saturated carbocycles. The van der Waals surface area contributed by atoms with Gasteiger partial charge in [0.25, 0.3) is 5.91 Å². The number of anilines is 1. The molecule has 2 amide bonds. The number of hydrogen-bond acceptors (Lipinski definition) is 6. The molecule has 0 aliphatic heterocycles. The quantitative estimate of drug-likeness (QED) is 0.448. The van der Waals surface area contributed by atoms with Gasteiger partial charge in [-0.15, -0.1) is 10.2 Å². The summed E-state index contributed by atoms with van der Waals surface area (Å²) in [4.78, 5) is 24.7. The molecule has 1 heterocycles. The summed E-state index contributed by atoms with van der Waals surface area (Å²) in [7, 11) is 1.51. The van der Waals surface area contributed by atoms with Crippen LogP contribution in [0.15, 0.2) is 42.5 Å². The monoisotopic (exact) mass is 518 g/mol. The average Bonchev–Trinajstić information content (AvgIpc) is 3.26. The Morgan fingerprint density at radius 1 is 0.943 bits per heavy atom. The van der Waals surface area contributed by atoms with Gasteiger partial charge in [0, 0.05) is 11.1 Å². The van der Waals surface area contributed by atoms with Crippen molar-refractivity contribution in [1.82, 2.24) is 15.5 Å². The molecule has 3 rings (SSSR count). The standard InChI is InChI=1S/C21H16F6N4O3S/c1-10(16(32)29-19-31-30-18(35-19)11-3-5-15(34-2)6-4-11)28-17(33)12-7-13(20(22,23)24)9-14(8-12)21(25,26)27/h3-10H,1-2H3,(H,28,33)(H,29,31,32). The first-order valence-electron chi connectivity index (χ1n) is 9.67. The fourth-order valence-corrected chi connectivity index (χ4v) is 3.52. The number of methoxy groups -OCH3 is 1. The molecule has 0 saturated heterocycles. The summed E-state index contributed by atoms with van der Waals surface area (Å²) in [5, 5.41) is 12.8. The summed E-state index contributed by atoms with van der Waals surface area (Å²) in [6.45, 7) is 1.21. The van der Waals surface area contributed by atoms with E-state index in [0.717, 1.165) is 11.3 Å². The maximum Gasteiger partial charge on any atom is 0.416 e. The van der Waals surface area contributed by atoms with Crippen molar-refractivity contribution in [2.45, 2.75) is 25.3 Å². The van der Waals surface area contributed by atoms with Crippen LogP contribution in [0.2, 0.25) is 0 Å². The molecule has 7 nitrogen and oxygen atoms in total. The van der Waals surface area contributed by atoms with Crippen LogP contribution in [0.25, 0.3) is 10.6 Å². The predicted octanol–water partition coefficient (Wildman–Crippen LogP) is 5.01. The molecule has 0 radical (unpaired) electrons. The van der Waals surface area contributed by atoms with Crippen molar-refractivity contribution in [3.8, 4) is 16.3 Å². The number of nitrogens with zero attached hydrogens (tertiary/aromatic N) is 2. The Morgan fingerprint density at radius 2 is 1.51 bits per heavy atom. The topological polar surface area (TPSA) is 93.2 Å². The van der Waals surface area contributed by atoms with Crippen molar-refractivity contribution < 1.29 is 40.7 Å². The highest BCUT2D eigenvalue weighted by Crippen LogP contribution is 2.36. The van der Waals surface area contributed by atoms with E-state index in [1.165, 1.54) is 14.0 Å². The van der Waals surface area contributed by atoms with Gasteiger partial charge in [-0.05, 0) is 49.4 Å². The van der Waals surface area contributed by atoms with Crippen LogP contribution in [-0.2, 0) is 17.1 Å². The second-order valence-corrected chi connectivity index (χ2v) is 8.10. The molecule has 0 fully saturated rings. The number of alkyl halides is 6. The van der Waals surface area contributed by atoms with E-state index in [0.29, 0.717) is 16.3 Å². The number of carbonyl (C=O) groups is 2. The van der Waals surface area contributed by atoms with Crippen molar-refractivity contribution in [2.24, 2.45) is 0 Å². The first-order valence-corrected chi connectivity index (χ1v) is 10.5. The minimum absolute atomic E-state index is 0.0698. The van der Waals surface area contributed by atoms with Crippen molar-refractivity contribution in [3.63, 3.8) is 0 Å². The maximum absolute atomic E-state index is 13.0. The SMILES string of the molecule is COc1ccc(-c2nnc(NC(=O)C(C)NC(=O)c3cc(C(F)(F)F)cc(C(F)(F)F)c3)s2)cc1. The van der Waals surface area contributed by atoms with Gasteiger partial charge in [0.2, 0.25) is 11.0 Å². The summed E-state index contributed by atoms with van der Waals surface area (Å²) in [6.07, 6.45) is -10.2. The number of hydrogen-bond donors (Lipinski definition) is 2. The minimum atomic E-state index is -5.11. The molecule has 0 spiro atoms. The van der Waals surface area contributed by atoms with E-state index in [2.05, 4.69) is 20.8 Å². The lowest BCUT2D eigenvalue weighted by Gasteiger charge is -2.16. The number of benzene rings is 2. The summed E-state index contributed by atoms with van der Waals surface area (Å²) < 4.78 is 83.1. The van der Waals surface area contributed by atoms with Crippen molar-refractivity contribution >= 4 is 28.3 Å². The Bertz CT molecular complexity index is 1190. The van der Waals surface area contributed by atoms with E-state index < -0.39 is 46.9 Å². The third-order valence-corrected chi connectivity index (χ3v) is 5.47. The number of amides is 2. The molecule has 186 valence electrons. The molecule has 0 aliphatic rings. The predicted molar refractivity (Wildman–Crippen MR) is 114 cm³/mol. The van der Waals surface area contributed by atoms with E-state index >= 15 is 0 Å². The van der Waals surface area contributed by atoms with Crippen LogP contribution < -0.4 is 15.4 Å². The Morgan fingerprint density at radius 3 is 2.03 bits per heavy atom. The van der Waals surface area contributed by atoms with Gasteiger partial charge in [-0.25, -0.2) is 0 Å². The average molecular weight is 518 g/mol. The molecule has 0 bridgehead atoms. The number of ether oxygens (including phenoxy) is 1. The van der Waals surface area contributed by atoms with Gasteiger partial charge in [-0.1, -0.05) is 11.3 Å². The molecule has 1 atom stereocenters. The normalized spacial score (nSPS) is 12.7. The molecular formula is C21H16F6N4O3S. The Hall–Kier alpha value is -3.68. The number of aromatic nitrogens is 2. The first-order chi connectivity index (χ1) is 16.3. The van der Waals surface area contributed by atoms with Crippen LogP contribution in [0, 0.1) is 0 Å². The van der Waals surface area contributed by atoms with Crippen molar-refractivity contribution in [3.05, 3.63) is 59.2 Å². The lowest BCUT2D eigenvalue weighted by molar-refractivity contribution is -0.143. The molecule has 1 unspecified atom stereocenters. The summed E-state index contributed by atoms with van der Waals surface area (Å²) in [6, 6.07) is 5.98. The zero-order valence-corrected chi connectivity index (χ0v) is 18.7. The highest BCUT2D eigenvalue weighted by Gasteiger charge is 2.37. The van der Waals surface area contributed by atoms with E-state index in [1.54, 1.807) is 24.3 Å². The van der Waals surface area contributed by atoms with Crippen molar-refractivity contribution in [2.75, 3.05) is 12.4 Å². The summed E-state index contributed by atoms with van der Waals surface area (Å²) in [5.41, 5.74) is -3.50.